The van der Waals surface area contributed by atoms with Crippen LogP contribution in [0.3, 0.4) is 0 Å². The largest absolute Gasteiger partial charge is 0.497 e. The Balaban J connectivity index is 1.08. The fourth-order valence-corrected chi connectivity index (χ4v) is 12.3. The van der Waals surface area contributed by atoms with Gasteiger partial charge in [-0.1, -0.05) is 55.7 Å². The number of rotatable bonds is 8. The lowest BCUT2D eigenvalue weighted by Gasteiger charge is -2.56. The van der Waals surface area contributed by atoms with E-state index in [1.54, 1.807) is 13.2 Å². The zero-order valence-corrected chi connectivity index (χ0v) is 31.5. The van der Waals surface area contributed by atoms with E-state index in [4.69, 9.17) is 4.74 Å². The first kappa shape index (κ1) is 33.4. The van der Waals surface area contributed by atoms with E-state index in [9.17, 15) is 18.0 Å². The second-order valence-corrected chi connectivity index (χ2v) is 19.1. The highest BCUT2D eigenvalue weighted by molar-refractivity contribution is 7.91. The molecule has 10 rings (SSSR count). The average molecular weight is 733 g/mol. The number of hydrogen-bond donors (Lipinski definition) is 1. The van der Waals surface area contributed by atoms with Crippen LogP contribution >= 0.6 is 0 Å². The summed E-state index contributed by atoms with van der Waals surface area (Å²) in [5, 5.41) is 1.10. The number of piperidine rings is 1. The number of nitrogens with one attached hydrogen (secondary N) is 1. The van der Waals surface area contributed by atoms with Crippen LogP contribution in [0.25, 0.3) is 22.2 Å². The van der Waals surface area contributed by atoms with E-state index in [0.717, 1.165) is 72.2 Å². The van der Waals surface area contributed by atoms with E-state index in [0.29, 0.717) is 37.3 Å². The molecule has 2 saturated heterocycles. The third-order valence-corrected chi connectivity index (χ3v) is 15.9. The Bertz CT molecular complexity index is 2260. The highest BCUT2D eigenvalue weighted by Gasteiger charge is 2.66. The summed E-state index contributed by atoms with van der Waals surface area (Å²) in [7, 11) is -0.0980. The number of hydrogen-bond acceptors (Lipinski definition) is 6. The zero-order chi connectivity index (χ0) is 36.3. The topological polar surface area (TPSA) is 101 Å². The smallest absolute Gasteiger partial charge is 0.264 e. The first-order valence-electron chi connectivity index (χ1n) is 19.6. The average Bonchev–Trinajstić information content (AvgIpc) is 4.08. The van der Waals surface area contributed by atoms with Crippen molar-refractivity contribution in [2.45, 2.75) is 99.4 Å². The lowest BCUT2D eigenvalue weighted by molar-refractivity contribution is -0.159. The molecule has 53 heavy (non-hydrogen) atoms. The number of sulfonamides is 1. The van der Waals surface area contributed by atoms with E-state index >= 15 is 0 Å². The Hall–Kier alpha value is -4.15. The molecule has 4 heterocycles. The van der Waals surface area contributed by atoms with Crippen LogP contribution in [0.5, 0.6) is 5.75 Å². The number of methoxy groups -OCH3 is 1. The van der Waals surface area contributed by atoms with Crippen molar-refractivity contribution in [2.75, 3.05) is 27.2 Å². The summed E-state index contributed by atoms with van der Waals surface area (Å²) < 4.78 is 37.3. The SMILES string of the molecule is COc1ccc2c(c1)C1CC1(C(=O)N1C3CC1CN(C)C3)Cn1c-2c(C2CCCCC2)c2ccc(C(=O)NS(=O)(=O)C3(Cc4ccccc4)CC3)cc21. The van der Waals surface area contributed by atoms with Gasteiger partial charge in [0.2, 0.25) is 15.9 Å². The Morgan fingerprint density at radius 3 is 2.42 bits per heavy atom. The minimum Gasteiger partial charge on any atom is -0.497 e. The molecule has 3 aliphatic carbocycles. The van der Waals surface area contributed by atoms with Crippen LogP contribution in [0.2, 0.25) is 0 Å². The van der Waals surface area contributed by atoms with Crippen molar-refractivity contribution in [3.8, 4) is 17.0 Å². The zero-order valence-electron chi connectivity index (χ0n) is 30.6. The molecule has 6 aliphatic rings. The summed E-state index contributed by atoms with van der Waals surface area (Å²) in [4.78, 5) is 33.5. The van der Waals surface area contributed by atoms with Crippen LogP contribution in [0.4, 0.5) is 0 Å². The number of benzene rings is 3. The van der Waals surface area contributed by atoms with Gasteiger partial charge in [-0.3, -0.25) is 9.59 Å². The van der Waals surface area contributed by atoms with Gasteiger partial charge in [0.05, 0.1) is 23.0 Å². The Morgan fingerprint density at radius 2 is 1.70 bits per heavy atom. The predicted octanol–water partition coefficient (Wildman–Crippen LogP) is 6.60. The van der Waals surface area contributed by atoms with Crippen molar-refractivity contribution in [3.05, 3.63) is 89.0 Å². The number of likely N-dealkylation sites (N-methyl/N-ethyl adjacent to an activating group) is 1. The van der Waals surface area contributed by atoms with E-state index < -0.39 is 26.1 Å². The van der Waals surface area contributed by atoms with Crippen molar-refractivity contribution in [2.24, 2.45) is 5.41 Å². The Labute approximate surface area is 311 Å². The number of carbonyl (C=O) groups is 2. The van der Waals surface area contributed by atoms with E-state index in [1.165, 1.54) is 30.4 Å². The van der Waals surface area contributed by atoms with Crippen LogP contribution in [0, 0.1) is 5.41 Å². The van der Waals surface area contributed by atoms with Crippen molar-refractivity contribution >= 4 is 32.7 Å². The van der Waals surface area contributed by atoms with Gasteiger partial charge in [0.1, 0.15) is 5.75 Å². The highest BCUT2D eigenvalue weighted by Crippen LogP contribution is 2.67. The van der Waals surface area contributed by atoms with E-state index in [-0.39, 0.29) is 23.9 Å². The number of carbonyl (C=O) groups excluding carboxylic acids is 2. The number of nitrogens with zero attached hydrogens (tertiary/aromatic N) is 3. The predicted molar refractivity (Wildman–Crippen MR) is 205 cm³/mol. The van der Waals surface area contributed by atoms with Gasteiger partial charge in [-0.2, -0.15) is 0 Å². The third kappa shape index (κ3) is 5.14. The molecule has 10 heteroatoms. The lowest BCUT2D eigenvalue weighted by Crippen LogP contribution is -2.70. The number of aromatic nitrogens is 1. The summed E-state index contributed by atoms with van der Waals surface area (Å²) in [6, 6.07) is 22.2. The van der Waals surface area contributed by atoms with Crippen molar-refractivity contribution < 1.29 is 22.7 Å². The van der Waals surface area contributed by atoms with Gasteiger partial charge >= 0.3 is 0 Å². The van der Waals surface area contributed by atoms with Crippen LogP contribution in [0.1, 0.15) is 96.7 Å². The first-order chi connectivity index (χ1) is 25.6. The molecule has 0 radical (unpaired) electrons. The number of likely N-dealkylation sites (tertiary alicyclic amines) is 2. The van der Waals surface area contributed by atoms with Crippen molar-refractivity contribution in [1.29, 1.82) is 0 Å². The molecule has 0 spiro atoms. The van der Waals surface area contributed by atoms with Crippen LogP contribution < -0.4 is 9.46 Å². The molecule has 2 bridgehead atoms. The van der Waals surface area contributed by atoms with Gasteiger partial charge < -0.3 is 19.1 Å². The monoisotopic (exact) mass is 732 g/mol. The molecule has 9 nitrogen and oxygen atoms in total. The summed E-state index contributed by atoms with van der Waals surface area (Å²) in [5.74, 6) is 0.880. The summed E-state index contributed by atoms with van der Waals surface area (Å²) in [6.07, 6.45) is 9.04. The molecule has 3 aliphatic heterocycles. The minimum absolute atomic E-state index is 0.0734. The molecule has 3 saturated carbocycles. The lowest BCUT2D eigenvalue weighted by atomic mass is 9.81. The van der Waals surface area contributed by atoms with Crippen LogP contribution in [-0.2, 0) is 27.8 Å². The van der Waals surface area contributed by atoms with Gasteiger partial charge in [-0.15, -0.1) is 0 Å². The maximum absolute atomic E-state index is 14.9. The van der Waals surface area contributed by atoms with Gasteiger partial charge in [-0.25, -0.2) is 13.1 Å². The van der Waals surface area contributed by atoms with Gasteiger partial charge in [0.25, 0.3) is 5.91 Å². The first-order valence-corrected chi connectivity index (χ1v) is 21.1. The fraction of sp³-hybridized carbons (Fsp3) is 0.488. The molecular formula is C43H48N4O5S. The molecular weight excluding hydrogens is 685 g/mol. The number of fused-ring (bicyclic) bond motifs is 9. The number of amides is 2. The fourth-order valence-electron chi connectivity index (χ4n) is 10.8. The van der Waals surface area contributed by atoms with Crippen LogP contribution in [-0.4, -0.2) is 78.7 Å². The van der Waals surface area contributed by atoms with Gasteiger partial charge in [0, 0.05) is 59.7 Å². The standard InChI is InChI=1S/C43H48N4O5S/c1-45-24-30-20-31(25-45)47(30)41(49)43-23-36(43)35-21-32(52-2)14-16-33(35)39-38(28-11-7-4-8-12-28)34-15-13-29(19-37(34)46(39)26-43)40(48)44-53(50,51)42(17-18-42)22-27-9-5-3-6-10-27/h3,5-6,9-10,13-16,19,21,28,30-31,36H,4,7-8,11-12,17-18,20,22-26H2,1-2H3,(H,44,48). The van der Waals surface area contributed by atoms with Crippen molar-refractivity contribution in [3.63, 3.8) is 0 Å². The molecule has 1 aromatic heterocycles. The normalized spacial score (nSPS) is 27.1. The van der Waals surface area contributed by atoms with E-state index in [1.807, 2.05) is 48.5 Å². The summed E-state index contributed by atoms with van der Waals surface area (Å²) >= 11 is 0. The van der Waals surface area contributed by atoms with Crippen molar-refractivity contribution in [1.82, 2.24) is 19.1 Å². The molecule has 4 atom stereocenters. The van der Waals surface area contributed by atoms with Gasteiger partial charge in [0.15, 0.2) is 0 Å². The quantitative estimate of drug-likeness (QED) is 0.219. The Kier molecular flexibility index (Phi) is 7.52. The Morgan fingerprint density at radius 1 is 0.943 bits per heavy atom. The molecule has 276 valence electrons. The van der Waals surface area contributed by atoms with Crippen LogP contribution in [0.15, 0.2) is 66.7 Å². The second-order valence-electron chi connectivity index (χ2n) is 17.0. The molecule has 3 aromatic carbocycles. The molecule has 5 fully saturated rings. The minimum atomic E-state index is -3.94. The maximum Gasteiger partial charge on any atom is 0.264 e. The summed E-state index contributed by atoms with van der Waals surface area (Å²) in [6.45, 7) is 2.34. The molecule has 4 unspecified atom stereocenters. The molecule has 1 N–H and O–H groups in total. The maximum atomic E-state index is 14.9. The summed E-state index contributed by atoms with van der Waals surface area (Å²) in [5.41, 5.74) is 6.36. The molecule has 2 amide bonds. The molecule has 4 aromatic rings. The van der Waals surface area contributed by atoms with E-state index in [2.05, 4.69) is 38.3 Å². The number of ether oxygens (including phenoxy) is 1. The second kappa shape index (κ2) is 11.9. The third-order valence-electron chi connectivity index (χ3n) is 13.8. The van der Waals surface area contributed by atoms with Gasteiger partial charge in [-0.05, 0) is 105 Å². The highest BCUT2D eigenvalue weighted by atomic mass is 32.2. The number of piperazine rings is 1.